The number of piperazine rings is 1. The Labute approximate surface area is 103 Å². The smallest absolute Gasteiger partial charge is 0.312 e. The predicted molar refractivity (Wildman–Crippen MR) is 66.6 cm³/mol. The summed E-state index contributed by atoms with van der Waals surface area (Å²) in [5.74, 6) is -0.731. The van der Waals surface area contributed by atoms with Crippen molar-refractivity contribution in [2.24, 2.45) is 0 Å². The van der Waals surface area contributed by atoms with Crippen LogP contribution in [0.15, 0.2) is 0 Å². The van der Waals surface area contributed by atoms with Gasteiger partial charge in [-0.2, -0.15) is 0 Å². The van der Waals surface area contributed by atoms with E-state index in [1.807, 2.05) is 0 Å². The topological polar surface area (TPSA) is 52.6 Å². The summed E-state index contributed by atoms with van der Waals surface area (Å²) in [6.07, 6.45) is 1.97. The highest BCUT2D eigenvalue weighted by atomic mass is 16.2. The van der Waals surface area contributed by atoms with Crippen molar-refractivity contribution in [1.29, 1.82) is 0 Å². The number of carbonyl (C=O) groups excluding carboxylic acids is 2. The molecule has 1 atom stereocenters. The number of hydrogen-bond donors (Lipinski definition) is 1. The summed E-state index contributed by atoms with van der Waals surface area (Å²) in [5.41, 5.74) is 0. The molecule has 0 bridgehead atoms. The van der Waals surface area contributed by atoms with Gasteiger partial charge in [-0.05, 0) is 26.3 Å². The first-order chi connectivity index (χ1) is 8.06. The molecule has 0 aliphatic carbocycles. The molecule has 0 aromatic carbocycles. The molecule has 1 aliphatic rings. The van der Waals surface area contributed by atoms with Crippen LogP contribution in [0.3, 0.4) is 0 Å². The Kier molecular flexibility index (Phi) is 5.41. The van der Waals surface area contributed by atoms with E-state index in [-0.39, 0.29) is 11.8 Å². The first kappa shape index (κ1) is 14.0. The molecular weight excluding hydrogens is 218 g/mol. The molecule has 0 saturated carbocycles. The van der Waals surface area contributed by atoms with Gasteiger partial charge in [-0.15, -0.1) is 0 Å². The fraction of sp³-hybridized carbons (Fsp3) is 0.833. The highest BCUT2D eigenvalue weighted by Crippen LogP contribution is 2.06. The van der Waals surface area contributed by atoms with Gasteiger partial charge in [0, 0.05) is 32.7 Å². The second kappa shape index (κ2) is 6.59. The molecule has 1 rings (SSSR count). The summed E-state index contributed by atoms with van der Waals surface area (Å²) in [6, 6.07) is 0.471. The maximum Gasteiger partial charge on any atom is 0.312 e. The second-order valence-electron chi connectivity index (χ2n) is 4.62. The van der Waals surface area contributed by atoms with Crippen molar-refractivity contribution in [1.82, 2.24) is 15.1 Å². The monoisotopic (exact) mass is 241 g/mol. The maximum absolute atomic E-state index is 11.7. The number of hydrogen-bond acceptors (Lipinski definition) is 3. The van der Waals surface area contributed by atoms with Gasteiger partial charge in [0.25, 0.3) is 0 Å². The third-order valence-corrected chi connectivity index (χ3v) is 3.14. The number of carbonyl (C=O) groups is 2. The lowest BCUT2D eigenvalue weighted by atomic mass is 10.1. The summed E-state index contributed by atoms with van der Waals surface area (Å²) in [6.45, 7) is 7.19. The van der Waals surface area contributed by atoms with Crippen LogP contribution in [-0.4, -0.2) is 60.9 Å². The molecule has 0 aromatic rings. The zero-order chi connectivity index (χ0) is 12.8. The van der Waals surface area contributed by atoms with Crippen molar-refractivity contribution in [3.63, 3.8) is 0 Å². The molecule has 5 nitrogen and oxygen atoms in total. The SMILES string of the molecule is CCNC(C)CCCN1CCN(C)C(=O)C1=O. The van der Waals surface area contributed by atoms with Gasteiger partial charge in [0.05, 0.1) is 0 Å². The maximum atomic E-state index is 11.7. The average molecular weight is 241 g/mol. The van der Waals surface area contributed by atoms with Crippen molar-refractivity contribution in [2.75, 3.05) is 33.2 Å². The Morgan fingerprint density at radius 1 is 1.29 bits per heavy atom. The van der Waals surface area contributed by atoms with Crippen LogP contribution < -0.4 is 5.32 Å². The average Bonchev–Trinajstić information content (AvgIpc) is 2.29. The van der Waals surface area contributed by atoms with Gasteiger partial charge in [-0.25, -0.2) is 0 Å². The van der Waals surface area contributed by atoms with Gasteiger partial charge in [0.2, 0.25) is 0 Å². The van der Waals surface area contributed by atoms with E-state index in [1.54, 1.807) is 11.9 Å². The van der Waals surface area contributed by atoms with Crippen molar-refractivity contribution >= 4 is 11.8 Å². The van der Waals surface area contributed by atoms with E-state index in [0.29, 0.717) is 25.7 Å². The van der Waals surface area contributed by atoms with Crippen LogP contribution in [0.4, 0.5) is 0 Å². The first-order valence-corrected chi connectivity index (χ1v) is 6.34. The molecule has 98 valence electrons. The standard InChI is InChI=1S/C12H23N3O2/c1-4-13-10(2)6-5-7-15-9-8-14(3)11(16)12(15)17/h10,13H,4-9H2,1-3H3. The number of amides is 2. The second-order valence-corrected chi connectivity index (χ2v) is 4.62. The molecular formula is C12H23N3O2. The molecule has 1 fully saturated rings. The van der Waals surface area contributed by atoms with Gasteiger partial charge in [0.1, 0.15) is 0 Å². The van der Waals surface area contributed by atoms with E-state index in [1.165, 1.54) is 4.90 Å². The number of nitrogens with one attached hydrogen (secondary N) is 1. The zero-order valence-electron chi connectivity index (χ0n) is 11.0. The number of rotatable bonds is 6. The molecule has 0 radical (unpaired) electrons. The highest BCUT2D eigenvalue weighted by Gasteiger charge is 2.29. The quantitative estimate of drug-likeness (QED) is 0.669. The number of likely N-dealkylation sites (N-methyl/N-ethyl adjacent to an activating group) is 1. The predicted octanol–water partition coefficient (Wildman–Crippen LogP) is 0.0652. The third-order valence-electron chi connectivity index (χ3n) is 3.14. The van der Waals surface area contributed by atoms with Gasteiger partial charge in [-0.1, -0.05) is 6.92 Å². The van der Waals surface area contributed by atoms with E-state index < -0.39 is 0 Å². The Hall–Kier alpha value is -1.10. The summed E-state index contributed by atoms with van der Waals surface area (Å²) in [5, 5.41) is 3.33. The van der Waals surface area contributed by atoms with Crippen molar-refractivity contribution in [3.05, 3.63) is 0 Å². The van der Waals surface area contributed by atoms with E-state index in [9.17, 15) is 9.59 Å². The first-order valence-electron chi connectivity index (χ1n) is 6.34. The lowest BCUT2D eigenvalue weighted by molar-refractivity contribution is -0.154. The Balaban J connectivity index is 2.28. The molecule has 1 unspecified atom stereocenters. The van der Waals surface area contributed by atoms with Crippen molar-refractivity contribution in [2.45, 2.75) is 32.7 Å². The minimum Gasteiger partial charge on any atom is -0.336 e. The molecule has 2 amide bonds. The normalized spacial score (nSPS) is 18.8. The van der Waals surface area contributed by atoms with Crippen LogP contribution in [0.5, 0.6) is 0 Å². The minimum absolute atomic E-state index is 0.352. The van der Waals surface area contributed by atoms with Crippen LogP contribution in [0.2, 0.25) is 0 Å². The van der Waals surface area contributed by atoms with Crippen LogP contribution in [-0.2, 0) is 9.59 Å². The van der Waals surface area contributed by atoms with E-state index in [4.69, 9.17) is 0 Å². The lowest BCUT2D eigenvalue weighted by Crippen LogP contribution is -2.53. The third kappa shape index (κ3) is 4.00. The highest BCUT2D eigenvalue weighted by molar-refractivity contribution is 6.35. The molecule has 1 heterocycles. The van der Waals surface area contributed by atoms with Crippen LogP contribution >= 0.6 is 0 Å². The van der Waals surface area contributed by atoms with Crippen LogP contribution in [0.25, 0.3) is 0 Å². The van der Waals surface area contributed by atoms with Crippen LogP contribution in [0.1, 0.15) is 26.7 Å². The largest absolute Gasteiger partial charge is 0.336 e. The Morgan fingerprint density at radius 3 is 2.65 bits per heavy atom. The molecule has 1 saturated heterocycles. The zero-order valence-corrected chi connectivity index (χ0v) is 11.0. The summed E-state index contributed by atoms with van der Waals surface area (Å²) < 4.78 is 0. The van der Waals surface area contributed by atoms with Gasteiger partial charge in [-0.3, -0.25) is 9.59 Å². The Morgan fingerprint density at radius 2 is 2.00 bits per heavy atom. The van der Waals surface area contributed by atoms with Gasteiger partial charge < -0.3 is 15.1 Å². The molecule has 0 spiro atoms. The molecule has 5 heteroatoms. The van der Waals surface area contributed by atoms with Crippen molar-refractivity contribution in [3.8, 4) is 0 Å². The Bertz CT molecular complexity index is 281. The van der Waals surface area contributed by atoms with E-state index in [0.717, 1.165) is 19.4 Å². The molecule has 0 aromatic heterocycles. The van der Waals surface area contributed by atoms with E-state index >= 15 is 0 Å². The summed E-state index contributed by atoms with van der Waals surface area (Å²) in [7, 11) is 1.67. The summed E-state index contributed by atoms with van der Waals surface area (Å²) in [4.78, 5) is 26.3. The fourth-order valence-electron chi connectivity index (χ4n) is 2.02. The van der Waals surface area contributed by atoms with Gasteiger partial charge >= 0.3 is 11.8 Å². The minimum atomic E-state index is -0.379. The fourth-order valence-corrected chi connectivity index (χ4v) is 2.02. The van der Waals surface area contributed by atoms with Gasteiger partial charge in [0.15, 0.2) is 0 Å². The van der Waals surface area contributed by atoms with E-state index in [2.05, 4.69) is 19.2 Å². The lowest BCUT2D eigenvalue weighted by Gasteiger charge is -2.31. The van der Waals surface area contributed by atoms with Crippen LogP contribution in [0, 0.1) is 0 Å². The molecule has 1 aliphatic heterocycles. The number of nitrogens with zero attached hydrogens (tertiary/aromatic N) is 2. The molecule has 1 N–H and O–H groups in total. The van der Waals surface area contributed by atoms with Crippen molar-refractivity contribution < 1.29 is 9.59 Å². The summed E-state index contributed by atoms with van der Waals surface area (Å²) >= 11 is 0. The molecule has 17 heavy (non-hydrogen) atoms.